The molecule has 2 rings (SSSR count). The third kappa shape index (κ3) is 2.08. The lowest BCUT2D eigenvalue weighted by Crippen LogP contribution is -2.60. The fourth-order valence-electron chi connectivity index (χ4n) is 2.74. The predicted molar refractivity (Wildman–Crippen MR) is 57.9 cm³/mol. The van der Waals surface area contributed by atoms with Crippen LogP contribution in [0.2, 0.25) is 0 Å². The summed E-state index contributed by atoms with van der Waals surface area (Å²) in [6, 6.07) is 0.926. The topological polar surface area (TPSA) is 62.1 Å². The third-order valence-corrected chi connectivity index (χ3v) is 3.59. The molecule has 4 nitrogen and oxygen atoms in total. The van der Waals surface area contributed by atoms with E-state index in [0.29, 0.717) is 23.9 Å². The van der Waals surface area contributed by atoms with Gasteiger partial charge < -0.3 is 21.7 Å². The maximum absolute atomic E-state index is 6.15. The maximum Gasteiger partial charge on any atom is 0.0456 e. The van der Waals surface area contributed by atoms with Crippen LogP contribution in [0.4, 0.5) is 0 Å². The van der Waals surface area contributed by atoms with Crippen molar-refractivity contribution in [2.45, 2.75) is 25.4 Å². The molecule has 14 heavy (non-hydrogen) atoms. The summed E-state index contributed by atoms with van der Waals surface area (Å²) < 4.78 is 0. The van der Waals surface area contributed by atoms with Crippen LogP contribution < -0.4 is 21.7 Å². The van der Waals surface area contributed by atoms with Crippen molar-refractivity contribution in [3.63, 3.8) is 0 Å². The Kier molecular flexibility index (Phi) is 3.38. The molecule has 2 heterocycles. The molecule has 4 heteroatoms. The molecular formula is C10H22N4. The summed E-state index contributed by atoms with van der Waals surface area (Å²) in [6.45, 7) is 6.46. The molecule has 0 spiro atoms. The zero-order valence-electron chi connectivity index (χ0n) is 8.92. The van der Waals surface area contributed by atoms with Gasteiger partial charge in [0, 0.05) is 31.8 Å². The van der Waals surface area contributed by atoms with Crippen molar-refractivity contribution < 1.29 is 0 Å². The molecule has 0 aromatic rings. The molecule has 0 amide bonds. The second kappa shape index (κ2) is 4.57. The molecule has 82 valence electrons. The van der Waals surface area contributed by atoms with Gasteiger partial charge in [0.15, 0.2) is 0 Å². The standard InChI is InChI=1S/C10H22N4/c1-7-4-13-6-14-10(7)8-2-3-12-5-9(8)11/h7-10,12-14H,2-6,11H2,1H3. The van der Waals surface area contributed by atoms with Crippen LogP contribution in [-0.2, 0) is 0 Å². The summed E-state index contributed by atoms with van der Waals surface area (Å²) in [5, 5.41) is 10.3. The largest absolute Gasteiger partial charge is 0.326 e. The Morgan fingerprint density at radius 2 is 2.07 bits per heavy atom. The molecule has 2 saturated heterocycles. The Morgan fingerprint density at radius 1 is 1.21 bits per heavy atom. The second-order valence-electron chi connectivity index (χ2n) is 4.66. The first-order valence-corrected chi connectivity index (χ1v) is 5.69. The summed E-state index contributed by atoms with van der Waals surface area (Å²) in [6.07, 6.45) is 1.21. The van der Waals surface area contributed by atoms with Crippen LogP contribution in [0, 0.1) is 11.8 Å². The van der Waals surface area contributed by atoms with Crippen LogP contribution in [0.25, 0.3) is 0 Å². The number of nitrogens with one attached hydrogen (secondary N) is 3. The van der Waals surface area contributed by atoms with Crippen LogP contribution in [0.1, 0.15) is 13.3 Å². The fourth-order valence-corrected chi connectivity index (χ4v) is 2.74. The smallest absolute Gasteiger partial charge is 0.0456 e. The number of piperidine rings is 1. The predicted octanol–water partition coefficient (Wildman–Crippen LogP) is -0.922. The first-order valence-electron chi connectivity index (χ1n) is 5.69. The first-order chi connectivity index (χ1) is 6.79. The highest BCUT2D eigenvalue weighted by atomic mass is 15.1. The SMILES string of the molecule is CC1CNCNC1C1CCNCC1N. The molecule has 0 radical (unpaired) electrons. The molecule has 0 saturated carbocycles. The van der Waals surface area contributed by atoms with Crippen LogP contribution in [0.5, 0.6) is 0 Å². The van der Waals surface area contributed by atoms with Crippen molar-refractivity contribution in [1.29, 1.82) is 0 Å². The van der Waals surface area contributed by atoms with Gasteiger partial charge in [0.25, 0.3) is 0 Å². The highest BCUT2D eigenvalue weighted by Crippen LogP contribution is 2.22. The lowest BCUT2D eigenvalue weighted by atomic mass is 9.80. The Balaban J connectivity index is 1.96. The van der Waals surface area contributed by atoms with Gasteiger partial charge in [-0.25, -0.2) is 0 Å². The van der Waals surface area contributed by atoms with Crippen molar-refractivity contribution in [3.8, 4) is 0 Å². The third-order valence-electron chi connectivity index (χ3n) is 3.59. The van der Waals surface area contributed by atoms with Gasteiger partial charge in [0.2, 0.25) is 0 Å². The Labute approximate surface area is 86.0 Å². The molecule has 5 N–H and O–H groups in total. The van der Waals surface area contributed by atoms with E-state index in [1.54, 1.807) is 0 Å². The van der Waals surface area contributed by atoms with Gasteiger partial charge in [-0.15, -0.1) is 0 Å². The van der Waals surface area contributed by atoms with E-state index in [9.17, 15) is 0 Å². The van der Waals surface area contributed by atoms with Crippen molar-refractivity contribution in [1.82, 2.24) is 16.0 Å². The lowest BCUT2D eigenvalue weighted by Gasteiger charge is -2.41. The van der Waals surface area contributed by atoms with Crippen LogP contribution in [-0.4, -0.2) is 38.4 Å². The molecule has 0 aromatic heterocycles. The van der Waals surface area contributed by atoms with Crippen LogP contribution >= 0.6 is 0 Å². The van der Waals surface area contributed by atoms with Gasteiger partial charge in [-0.05, 0) is 24.8 Å². The van der Waals surface area contributed by atoms with Crippen molar-refractivity contribution in [2.75, 3.05) is 26.3 Å². The summed E-state index contributed by atoms with van der Waals surface area (Å²) in [7, 11) is 0. The van der Waals surface area contributed by atoms with Gasteiger partial charge >= 0.3 is 0 Å². The number of hydrogen-bond donors (Lipinski definition) is 4. The summed E-state index contributed by atoms with van der Waals surface area (Å²) in [5.41, 5.74) is 6.15. The number of rotatable bonds is 1. The molecule has 2 aliphatic rings. The van der Waals surface area contributed by atoms with E-state index in [2.05, 4.69) is 22.9 Å². The van der Waals surface area contributed by atoms with Crippen molar-refractivity contribution in [3.05, 3.63) is 0 Å². The number of hydrogen-bond acceptors (Lipinski definition) is 4. The van der Waals surface area contributed by atoms with E-state index < -0.39 is 0 Å². The van der Waals surface area contributed by atoms with Crippen molar-refractivity contribution >= 4 is 0 Å². The van der Waals surface area contributed by atoms with Crippen LogP contribution in [0.3, 0.4) is 0 Å². The fraction of sp³-hybridized carbons (Fsp3) is 1.00. The normalized spacial score (nSPS) is 45.0. The zero-order chi connectivity index (χ0) is 9.97. The molecule has 2 aliphatic heterocycles. The van der Waals surface area contributed by atoms with E-state index in [1.807, 2.05) is 0 Å². The van der Waals surface area contributed by atoms with Gasteiger partial charge in [-0.1, -0.05) is 6.92 Å². The molecule has 2 fully saturated rings. The molecule has 0 aromatic carbocycles. The van der Waals surface area contributed by atoms with E-state index in [0.717, 1.165) is 26.3 Å². The van der Waals surface area contributed by atoms with E-state index in [4.69, 9.17) is 5.73 Å². The monoisotopic (exact) mass is 198 g/mol. The Morgan fingerprint density at radius 3 is 2.79 bits per heavy atom. The van der Waals surface area contributed by atoms with Gasteiger partial charge in [0.05, 0.1) is 0 Å². The van der Waals surface area contributed by atoms with Crippen LogP contribution in [0.15, 0.2) is 0 Å². The molecule has 4 atom stereocenters. The quantitative estimate of drug-likeness (QED) is 0.440. The first kappa shape index (κ1) is 10.4. The lowest BCUT2D eigenvalue weighted by molar-refractivity contribution is 0.169. The highest BCUT2D eigenvalue weighted by Gasteiger charge is 2.33. The average molecular weight is 198 g/mol. The molecule has 4 unspecified atom stereocenters. The Hall–Kier alpha value is -0.160. The average Bonchev–Trinajstić information content (AvgIpc) is 2.20. The second-order valence-corrected chi connectivity index (χ2v) is 4.66. The molecule has 0 bridgehead atoms. The van der Waals surface area contributed by atoms with E-state index in [1.165, 1.54) is 6.42 Å². The summed E-state index contributed by atoms with van der Waals surface area (Å²) in [5.74, 6) is 1.34. The summed E-state index contributed by atoms with van der Waals surface area (Å²) >= 11 is 0. The molecular weight excluding hydrogens is 176 g/mol. The molecule has 0 aliphatic carbocycles. The summed E-state index contributed by atoms with van der Waals surface area (Å²) in [4.78, 5) is 0. The van der Waals surface area contributed by atoms with Gasteiger partial charge in [-0.2, -0.15) is 0 Å². The minimum Gasteiger partial charge on any atom is -0.326 e. The number of nitrogens with two attached hydrogens (primary N) is 1. The van der Waals surface area contributed by atoms with E-state index in [-0.39, 0.29) is 0 Å². The maximum atomic E-state index is 6.15. The minimum absolute atomic E-state index is 0.321. The van der Waals surface area contributed by atoms with Crippen molar-refractivity contribution in [2.24, 2.45) is 17.6 Å². The van der Waals surface area contributed by atoms with Gasteiger partial charge in [-0.3, -0.25) is 0 Å². The highest BCUT2D eigenvalue weighted by molar-refractivity contribution is 4.93. The zero-order valence-corrected chi connectivity index (χ0v) is 8.92. The Bertz CT molecular complexity index is 165. The minimum atomic E-state index is 0.321. The van der Waals surface area contributed by atoms with Gasteiger partial charge in [0.1, 0.15) is 0 Å². The van der Waals surface area contributed by atoms with E-state index >= 15 is 0 Å².